The van der Waals surface area contributed by atoms with Gasteiger partial charge < -0.3 is 18.8 Å². The van der Waals surface area contributed by atoms with Crippen molar-refractivity contribution in [3.8, 4) is 0 Å². The van der Waals surface area contributed by atoms with Crippen LogP contribution in [0.25, 0.3) is 0 Å². The van der Waals surface area contributed by atoms with Crippen LogP contribution in [-0.4, -0.2) is 43.5 Å². The average molecular weight is 366 g/mol. The van der Waals surface area contributed by atoms with Crippen molar-refractivity contribution in [1.29, 1.82) is 0 Å². The molecule has 1 aliphatic rings. The maximum absolute atomic E-state index is 12.5. The number of hydrogen-bond acceptors (Lipinski definition) is 6. The van der Waals surface area contributed by atoms with Crippen molar-refractivity contribution in [1.82, 2.24) is 0 Å². The van der Waals surface area contributed by atoms with Crippen molar-refractivity contribution in [2.24, 2.45) is 5.41 Å². The van der Waals surface area contributed by atoms with E-state index >= 15 is 0 Å². The van der Waals surface area contributed by atoms with E-state index in [1.54, 1.807) is 25.9 Å². The Morgan fingerprint density at radius 3 is 1.85 bits per heavy atom. The summed E-state index contributed by atoms with van der Waals surface area (Å²) in [4.78, 5) is 25.1. The van der Waals surface area contributed by atoms with Gasteiger partial charge in [0.1, 0.15) is 0 Å². The molecule has 0 aromatic rings. The van der Waals surface area contributed by atoms with E-state index in [2.05, 4.69) is 6.58 Å². The maximum atomic E-state index is 12.5. The zero-order valence-electron chi connectivity index (χ0n) is 16.8. The summed E-state index contributed by atoms with van der Waals surface area (Å²) in [6.45, 7) is 15.2. The summed E-state index contributed by atoms with van der Waals surface area (Å²) in [5.74, 6) is 0.487. The third-order valence-electron chi connectivity index (χ3n) is 4.86. The van der Waals surface area contributed by atoms with Crippen molar-refractivity contribution >= 4 is 19.1 Å². The fourth-order valence-corrected chi connectivity index (χ4v) is 2.63. The molecule has 0 amide bonds. The molecule has 7 heteroatoms. The summed E-state index contributed by atoms with van der Waals surface area (Å²) in [7, 11) is -0.550. The highest BCUT2D eigenvalue weighted by Crippen LogP contribution is 2.37. The lowest BCUT2D eigenvalue weighted by atomic mass is 9.79. The minimum absolute atomic E-state index is 0.112. The first-order valence-corrected chi connectivity index (χ1v) is 9.04. The smallest absolute Gasteiger partial charge is 0.465 e. The minimum Gasteiger partial charge on any atom is -0.465 e. The molecule has 6 nitrogen and oxygen atoms in total. The van der Waals surface area contributed by atoms with Crippen LogP contribution < -0.4 is 0 Å². The van der Waals surface area contributed by atoms with Crippen LogP contribution in [0.5, 0.6) is 0 Å². The predicted octanol–water partition coefficient (Wildman–Crippen LogP) is 3.25. The van der Waals surface area contributed by atoms with Crippen LogP contribution in [0, 0.1) is 5.41 Å². The highest BCUT2D eigenvalue weighted by Gasteiger charge is 2.51. The molecule has 0 bridgehead atoms. The molecule has 0 radical (unpaired) electrons. The number of allylic oxidation sites excluding steroid dienone is 2. The summed E-state index contributed by atoms with van der Waals surface area (Å²) in [5, 5.41) is 0. The van der Waals surface area contributed by atoms with E-state index in [9.17, 15) is 9.59 Å². The second kappa shape index (κ2) is 8.86. The molecule has 0 spiro atoms. The number of ether oxygens (including phenoxy) is 2. The maximum Gasteiger partial charge on any atom is 0.486 e. The van der Waals surface area contributed by atoms with Gasteiger partial charge in [-0.25, -0.2) is 0 Å². The molecule has 0 N–H and O–H groups in total. The number of esters is 2. The van der Waals surface area contributed by atoms with E-state index in [4.69, 9.17) is 18.8 Å². The van der Waals surface area contributed by atoms with Gasteiger partial charge in [0.25, 0.3) is 0 Å². The molecule has 0 atom stereocenters. The van der Waals surface area contributed by atoms with Gasteiger partial charge in [0.15, 0.2) is 5.41 Å². The number of carbonyl (C=O) groups is 2. The SMILES string of the molecule is C=CCC(C/C=C\B1OC(C)(C)C(C)(C)O1)(C(=O)OCC)C(=O)OCC. The Kier molecular flexibility index (Phi) is 7.65. The molecule has 1 rings (SSSR count). The largest absolute Gasteiger partial charge is 0.486 e. The molecule has 1 aliphatic heterocycles. The molecular formula is C19H31BO6. The molecule has 146 valence electrons. The number of rotatable bonds is 9. The average Bonchev–Trinajstić information content (AvgIpc) is 2.74. The van der Waals surface area contributed by atoms with Gasteiger partial charge >= 0.3 is 19.1 Å². The van der Waals surface area contributed by atoms with E-state index in [1.165, 1.54) is 6.08 Å². The molecule has 0 aromatic heterocycles. The van der Waals surface area contributed by atoms with Crippen LogP contribution in [0.15, 0.2) is 24.7 Å². The molecule has 1 saturated heterocycles. The van der Waals surface area contributed by atoms with E-state index in [-0.39, 0.29) is 26.1 Å². The number of carbonyl (C=O) groups excluding carboxylic acids is 2. The zero-order valence-corrected chi connectivity index (χ0v) is 16.8. The Labute approximate surface area is 157 Å². The zero-order chi connectivity index (χ0) is 20.0. The molecular weight excluding hydrogens is 335 g/mol. The van der Waals surface area contributed by atoms with Crippen molar-refractivity contribution in [3.05, 3.63) is 24.7 Å². The minimum atomic E-state index is -1.45. The first kappa shape index (κ1) is 22.4. The van der Waals surface area contributed by atoms with E-state index in [0.29, 0.717) is 0 Å². The Morgan fingerprint density at radius 1 is 1.00 bits per heavy atom. The molecule has 26 heavy (non-hydrogen) atoms. The normalized spacial score (nSPS) is 18.8. The van der Waals surface area contributed by atoms with Crippen molar-refractivity contribution < 1.29 is 28.4 Å². The van der Waals surface area contributed by atoms with E-state index in [1.807, 2.05) is 27.7 Å². The Hall–Kier alpha value is -1.60. The topological polar surface area (TPSA) is 71.1 Å². The summed E-state index contributed by atoms with van der Waals surface area (Å²) < 4.78 is 22.1. The third kappa shape index (κ3) is 4.77. The second-order valence-corrected chi connectivity index (χ2v) is 7.27. The Bertz CT molecular complexity index is 518. The molecule has 0 unspecified atom stereocenters. The summed E-state index contributed by atoms with van der Waals surface area (Å²) in [6.07, 6.45) is 3.47. The van der Waals surface area contributed by atoms with E-state index < -0.39 is 35.7 Å². The summed E-state index contributed by atoms with van der Waals surface area (Å²) >= 11 is 0. The first-order valence-electron chi connectivity index (χ1n) is 9.04. The second-order valence-electron chi connectivity index (χ2n) is 7.27. The fraction of sp³-hybridized carbons (Fsp3) is 0.684. The van der Waals surface area contributed by atoms with Gasteiger partial charge in [-0.3, -0.25) is 9.59 Å². The summed E-state index contributed by atoms with van der Waals surface area (Å²) in [6, 6.07) is 0. The molecule has 0 aliphatic carbocycles. The third-order valence-corrected chi connectivity index (χ3v) is 4.86. The Morgan fingerprint density at radius 2 is 1.46 bits per heavy atom. The van der Waals surface area contributed by atoms with Gasteiger partial charge in [0.05, 0.1) is 24.4 Å². The van der Waals surface area contributed by atoms with Gasteiger partial charge in [-0.05, 0) is 54.4 Å². The lowest BCUT2D eigenvalue weighted by Gasteiger charge is -2.32. The highest BCUT2D eigenvalue weighted by atomic mass is 16.7. The van der Waals surface area contributed by atoms with Crippen LogP contribution in [0.4, 0.5) is 0 Å². The van der Waals surface area contributed by atoms with Gasteiger partial charge in [-0.1, -0.05) is 18.1 Å². The van der Waals surface area contributed by atoms with Crippen LogP contribution in [-0.2, 0) is 28.4 Å². The molecule has 1 fully saturated rings. The molecule has 1 heterocycles. The predicted molar refractivity (Wildman–Crippen MR) is 100 cm³/mol. The fourth-order valence-electron chi connectivity index (χ4n) is 2.63. The lowest BCUT2D eigenvalue weighted by molar-refractivity contribution is -0.171. The number of hydrogen-bond donors (Lipinski definition) is 0. The first-order chi connectivity index (χ1) is 12.1. The van der Waals surface area contributed by atoms with E-state index in [0.717, 1.165) is 0 Å². The molecule has 0 saturated carbocycles. The van der Waals surface area contributed by atoms with Crippen LogP contribution in [0.1, 0.15) is 54.4 Å². The van der Waals surface area contributed by atoms with Crippen molar-refractivity contribution in [2.75, 3.05) is 13.2 Å². The van der Waals surface area contributed by atoms with Crippen LogP contribution in [0.2, 0.25) is 0 Å². The van der Waals surface area contributed by atoms with Gasteiger partial charge in [-0.2, -0.15) is 0 Å². The summed E-state index contributed by atoms with van der Waals surface area (Å²) in [5.41, 5.74) is -2.36. The van der Waals surface area contributed by atoms with Crippen LogP contribution >= 0.6 is 0 Å². The highest BCUT2D eigenvalue weighted by molar-refractivity contribution is 6.51. The standard InChI is InChI=1S/C19H31BO6/c1-8-12-19(15(21)23-9-2,16(22)24-10-3)13-11-14-20-25-17(4,5)18(6,7)26-20/h8,11,14H,1,9-10,12-13H2,2-7H3/b14-11-. The van der Waals surface area contributed by atoms with Gasteiger partial charge in [0.2, 0.25) is 0 Å². The monoisotopic (exact) mass is 366 g/mol. The van der Waals surface area contributed by atoms with Gasteiger partial charge in [0, 0.05) is 0 Å². The quantitative estimate of drug-likeness (QED) is 0.270. The lowest BCUT2D eigenvalue weighted by Crippen LogP contribution is -2.41. The van der Waals surface area contributed by atoms with Crippen molar-refractivity contribution in [2.45, 2.75) is 65.6 Å². The van der Waals surface area contributed by atoms with Gasteiger partial charge in [-0.15, -0.1) is 6.58 Å². The molecule has 0 aromatic carbocycles. The van der Waals surface area contributed by atoms with Crippen molar-refractivity contribution in [3.63, 3.8) is 0 Å². The Balaban J connectivity index is 3.00. The van der Waals surface area contributed by atoms with Crippen LogP contribution in [0.3, 0.4) is 0 Å².